The van der Waals surface area contributed by atoms with Gasteiger partial charge in [0.05, 0.1) is 22.0 Å². The van der Waals surface area contributed by atoms with Crippen molar-refractivity contribution < 1.29 is 9.90 Å². The van der Waals surface area contributed by atoms with Gasteiger partial charge in [-0.3, -0.25) is 9.69 Å². The van der Waals surface area contributed by atoms with Gasteiger partial charge in [-0.1, -0.05) is 29.3 Å². The number of piperidine rings is 1. The minimum Gasteiger partial charge on any atom is -0.481 e. The van der Waals surface area contributed by atoms with Crippen molar-refractivity contribution in [1.29, 1.82) is 0 Å². The van der Waals surface area contributed by atoms with Crippen LogP contribution >= 0.6 is 34.5 Å². The van der Waals surface area contributed by atoms with Crippen LogP contribution in [-0.4, -0.2) is 29.1 Å². The van der Waals surface area contributed by atoms with Crippen LogP contribution in [-0.2, 0) is 4.79 Å². The molecule has 1 aliphatic heterocycles. The summed E-state index contributed by atoms with van der Waals surface area (Å²) in [4.78, 5) is 16.1. The molecule has 3 rings (SSSR count). The molecule has 6 heteroatoms. The number of rotatable bonds is 4. The Bertz CT molecular complexity index is 746. The van der Waals surface area contributed by atoms with Crippen LogP contribution in [0.1, 0.15) is 34.2 Å². The third-order valence-corrected chi connectivity index (χ3v) is 6.25. The van der Waals surface area contributed by atoms with Crippen molar-refractivity contribution in [1.82, 2.24) is 4.90 Å². The normalized spacial score (nSPS) is 20.0. The standard InChI is InChI=1S/C18H19Cl2NO2S/c1-11-4-7-16(24-11)17(12-5-6-14(19)15(20)9-12)21-8-2-3-13(10-21)18(22)23/h4-7,9,13,17H,2-3,8,10H2,1H3,(H,22,23). The second kappa shape index (κ2) is 7.44. The predicted molar refractivity (Wildman–Crippen MR) is 99.3 cm³/mol. The summed E-state index contributed by atoms with van der Waals surface area (Å²) in [5, 5.41) is 10.5. The number of aliphatic carboxylic acids is 1. The lowest BCUT2D eigenvalue weighted by atomic mass is 9.94. The van der Waals surface area contributed by atoms with E-state index in [0.29, 0.717) is 16.6 Å². The third kappa shape index (κ3) is 3.77. The molecule has 2 unspecified atom stereocenters. The van der Waals surface area contributed by atoms with Crippen LogP contribution in [0.2, 0.25) is 10.0 Å². The molecule has 1 aromatic carbocycles. The average molecular weight is 384 g/mol. The fraction of sp³-hybridized carbons (Fsp3) is 0.389. The second-order valence-electron chi connectivity index (χ2n) is 6.20. The van der Waals surface area contributed by atoms with E-state index in [0.717, 1.165) is 24.9 Å². The molecule has 128 valence electrons. The first-order chi connectivity index (χ1) is 11.5. The molecule has 3 nitrogen and oxygen atoms in total. The number of carboxylic acids is 1. The molecule has 1 aliphatic rings. The maximum Gasteiger partial charge on any atom is 0.307 e. The zero-order chi connectivity index (χ0) is 17.3. The Morgan fingerprint density at radius 1 is 1.29 bits per heavy atom. The van der Waals surface area contributed by atoms with Crippen molar-refractivity contribution >= 4 is 40.5 Å². The van der Waals surface area contributed by atoms with Gasteiger partial charge < -0.3 is 5.11 Å². The van der Waals surface area contributed by atoms with Gasteiger partial charge in [-0.25, -0.2) is 0 Å². The lowest BCUT2D eigenvalue weighted by Gasteiger charge is -2.37. The van der Waals surface area contributed by atoms with Gasteiger partial charge in [0.2, 0.25) is 0 Å². The van der Waals surface area contributed by atoms with E-state index in [1.807, 2.05) is 18.2 Å². The molecule has 0 bridgehead atoms. The summed E-state index contributed by atoms with van der Waals surface area (Å²) in [7, 11) is 0. The fourth-order valence-corrected chi connectivity index (χ4v) is 4.63. The summed E-state index contributed by atoms with van der Waals surface area (Å²) < 4.78 is 0. The molecule has 0 amide bonds. The summed E-state index contributed by atoms with van der Waals surface area (Å²) in [6.45, 7) is 3.51. The van der Waals surface area contributed by atoms with Gasteiger partial charge in [0.1, 0.15) is 0 Å². The predicted octanol–water partition coefficient (Wildman–Crippen LogP) is 5.25. The molecule has 1 saturated heterocycles. The Balaban J connectivity index is 1.98. The molecule has 2 atom stereocenters. The second-order valence-corrected chi connectivity index (χ2v) is 8.33. The highest BCUT2D eigenvalue weighted by Gasteiger charge is 2.32. The van der Waals surface area contributed by atoms with E-state index >= 15 is 0 Å². The molecule has 0 spiro atoms. The van der Waals surface area contributed by atoms with Gasteiger partial charge in [0.15, 0.2) is 0 Å². The topological polar surface area (TPSA) is 40.5 Å². The quantitative estimate of drug-likeness (QED) is 0.783. The van der Waals surface area contributed by atoms with Gasteiger partial charge in [0, 0.05) is 16.3 Å². The fourth-order valence-electron chi connectivity index (χ4n) is 3.28. The SMILES string of the molecule is Cc1ccc(C(c2ccc(Cl)c(Cl)c2)N2CCCC(C(=O)O)C2)s1. The number of carboxylic acid groups (broad SMARTS) is 1. The number of carbonyl (C=O) groups is 1. The number of benzene rings is 1. The summed E-state index contributed by atoms with van der Waals surface area (Å²) in [6, 6.07) is 9.93. The summed E-state index contributed by atoms with van der Waals surface area (Å²) in [5.41, 5.74) is 1.05. The van der Waals surface area contributed by atoms with Gasteiger partial charge in [0.25, 0.3) is 0 Å². The molecular formula is C18H19Cl2NO2S. The molecule has 0 saturated carbocycles. The van der Waals surface area contributed by atoms with Gasteiger partial charge >= 0.3 is 5.97 Å². The lowest BCUT2D eigenvalue weighted by molar-refractivity contribution is -0.143. The number of hydrogen-bond acceptors (Lipinski definition) is 3. The van der Waals surface area contributed by atoms with E-state index in [1.54, 1.807) is 11.3 Å². The van der Waals surface area contributed by atoms with Crippen LogP contribution in [0.15, 0.2) is 30.3 Å². The number of thiophene rings is 1. The van der Waals surface area contributed by atoms with Crippen LogP contribution in [0, 0.1) is 12.8 Å². The first-order valence-electron chi connectivity index (χ1n) is 7.94. The van der Waals surface area contributed by atoms with E-state index in [2.05, 4.69) is 24.0 Å². The zero-order valence-electron chi connectivity index (χ0n) is 13.3. The Morgan fingerprint density at radius 2 is 2.08 bits per heavy atom. The number of aryl methyl sites for hydroxylation is 1. The van der Waals surface area contributed by atoms with E-state index in [-0.39, 0.29) is 12.0 Å². The van der Waals surface area contributed by atoms with Crippen LogP contribution in [0.5, 0.6) is 0 Å². The molecule has 0 radical (unpaired) electrons. The molecule has 0 aliphatic carbocycles. The van der Waals surface area contributed by atoms with Gasteiger partial charge in [-0.2, -0.15) is 0 Å². The van der Waals surface area contributed by atoms with E-state index in [1.165, 1.54) is 9.75 Å². The molecule has 2 aromatic rings. The van der Waals surface area contributed by atoms with Crippen molar-refractivity contribution in [2.24, 2.45) is 5.92 Å². The maximum absolute atomic E-state index is 11.4. The zero-order valence-corrected chi connectivity index (χ0v) is 15.7. The number of likely N-dealkylation sites (tertiary alicyclic amines) is 1. The average Bonchev–Trinajstić information content (AvgIpc) is 2.97. The molecular weight excluding hydrogens is 365 g/mol. The molecule has 24 heavy (non-hydrogen) atoms. The lowest BCUT2D eigenvalue weighted by Crippen LogP contribution is -2.41. The van der Waals surface area contributed by atoms with Crippen molar-refractivity contribution in [3.8, 4) is 0 Å². The van der Waals surface area contributed by atoms with Crippen LogP contribution in [0.25, 0.3) is 0 Å². The molecule has 1 N–H and O–H groups in total. The Hall–Kier alpha value is -1.07. The van der Waals surface area contributed by atoms with Crippen LogP contribution < -0.4 is 0 Å². The molecule has 1 aromatic heterocycles. The highest BCUT2D eigenvalue weighted by atomic mass is 35.5. The first kappa shape index (κ1) is 17.7. The first-order valence-corrected chi connectivity index (χ1v) is 9.51. The minimum absolute atomic E-state index is 0.0145. The summed E-state index contributed by atoms with van der Waals surface area (Å²) >= 11 is 14.0. The number of nitrogens with zero attached hydrogens (tertiary/aromatic N) is 1. The van der Waals surface area contributed by atoms with Crippen LogP contribution in [0.3, 0.4) is 0 Å². The van der Waals surface area contributed by atoms with Crippen molar-refractivity contribution in [2.75, 3.05) is 13.1 Å². The monoisotopic (exact) mass is 383 g/mol. The highest BCUT2D eigenvalue weighted by molar-refractivity contribution is 7.12. The highest BCUT2D eigenvalue weighted by Crippen LogP contribution is 2.38. The van der Waals surface area contributed by atoms with E-state index in [9.17, 15) is 9.90 Å². The number of hydrogen-bond donors (Lipinski definition) is 1. The minimum atomic E-state index is -0.713. The maximum atomic E-state index is 11.4. The van der Waals surface area contributed by atoms with E-state index < -0.39 is 5.97 Å². The van der Waals surface area contributed by atoms with Gasteiger partial charge in [-0.15, -0.1) is 11.3 Å². The van der Waals surface area contributed by atoms with Gasteiger partial charge in [-0.05, 0) is 56.1 Å². The molecule has 1 fully saturated rings. The smallest absolute Gasteiger partial charge is 0.307 e. The van der Waals surface area contributed by atoms with Crippen molar-refractivity contribution in [3.63, 3.8) is 0 Å². The Kier molecular flexibility index (Phi) is 5.50. The van der Waals surface area contributed by atoms with Crippen molar-refractivity contribution in [2.45, 2.75) is 25.8 Å². The van der Waals surface area contributed by atoms with Crippen LogP contribution in [0.4, 0.5) is 0 Å². The summed E-state index contributed by atoms with van der Waals surface area (Å²) in [6.07, 6.45) is 1.63. The number of halogens is 2. The Morgan fingerprint density at radius 3 is 2.71 bits per heavy atom. The largest absolute Gasteiger partial charge is 0.481 e. The Labute approximate surface area is 155 Å². The molecule has 2 heterocycles. The van der Waals surface area contributed by atoms with E-state index in [4.69, 9.17) is 23.2 Å². The third-order valence-electron chi connectivity index (χ3n) is 4.46. The van der Waals surface area contributed by atoms with Crippen molar-refractivity contribution in [3.05, 3.63) is 55.7 Å². The summed E-state index contributed by atoms with van der Waals surface area (Å²) in [5.74, 6) is -1.03.